The monoisotopic (exact) mass is 375 g/mol. The van der Waals surface area contributed by atoms with E-state index in [0.29, 0.717) is 18.8 Å². The van der Waals surface area contributed by atoms with Crippen molar-refractivity contribution in [2.24, 2.45) is 0 Å². The van der Waals surface area contributed by atoms with Gasteiger partial charge in [-0.15, -0.1) is 0 Å². The molecule has 3 rings (SSSR count). The predicted octanol–water partition coefficient (Wildman–Crippen LogP) is 4.10. The van der Waals surface area contributed by atoms with E-state index in [-0.39, 0.29) is 11.9 Å². The Morgan fingerprint density at radius 3 is 2.83 bits per heavy atom. The van der Waals surface area contributed by atoms with E-state index in [2.05, 4.69) is 21.2 Å². The van der Waals surface area contributed by atoms with Gasteiger partial charge in [0.05, 0.1) is 19.3 Å². The van der Waals surface area contributed by atoms with E-state index >= 15 is 0 Å². The normalized spacial score (nSPS) is 16.2. The number of hydrogen-bond donors (Lipinski definition) is 1. The molecule has 0 aliphatic carbocycles. The van der Waals surface area contributed by atoms with Gasteiger partial charge in [-0.3, -0.25) is 4.79 Å². The van der Waals surface area contributed by atoms with Crippen LogP contribution in [0.1, 0.15) is 35.3 Å². The van der Waals surface area contributed by atoms with E-state index in [1.165, 1.54) is 0 Å². The fourth-order valence-electron chi connectivity index (χ4n) is 2.63. The summed E-state index contributed by atoms with van der Waals surface area (Å²) < 4.78 is 12.0. The molecule has 23 heavy (non-hydrogen) atoms. The zero-order valence-corrected chi connectivity index (χ0v) is 14.4. The van der Waals surface area contributed by atoms with Crippen LogP contribution in [-0.4, -0.2) is 19.1 Å². The molecule has 1 unspecified atom stereocenters. The molecule has 120 valence electrons. The fourth-order valence-corrected chi connectivity index (χ4v) is 3.00. The Balaban J connectivity index is 1.75. The van der Waals surface area contributed by atoms with Crippen LogP contribution in [0.2, 0.25) is 0 Å². The molecule has 1 amide bonds. The fraction of sp³-hybridized carbons (Fsp3) is 0.278. The second-order valence-corrected chi connectivity index (χ2v) is 6.22. The summed E-state index contributed by atoms with van der Waals surface area (Å²) in [6, 6.07) is 13.0. The first-order chi connectivity index (χ1) is 11.2. The maximum Gasteiger partial charge on any atom is 0.251 e. The predicted molar refractivity (Wildman–Crippen MR) is 92.1 cm³/mol. The Morgan fingerprint density at radius 1 is 1.30 bits per heavy atom. The van der Waals surface area contributed by atoms with E-state index in [4.69, 9.17) is 9.47 Å². The molecular weight excluding hydrogens is 358 g/mol. The molecule has 0 bridgehead atoms. The number of fused-ring (bicyclic) bond motifs is 1. The Morgan fingerprint density at radius 2 is 2.09 bits per heavy atom. The summed E-state index contributed by atoms with van der Waals surface area (Å²) in [4.78, 5) is 12.5. The van der Waals surface area contributed by atoms with Gasteiger partial charge in [-0.1, -0.05) is 15.9 Å². The first-order valence-electron chi connectivity index (χ1n) is 7.63. The lowest BCUT2D eigenvalue weighted by Gasteiger charge is -2.27. The number of ether oxygens (including phenoxy) is 2. The minimum atomic E-state index is -0.0918. The first-order valence-corrected chi connectivity index (χ1v) is 8.42. The van der Waals surface area contributed by atoms with Crippen LogP contribution in [-0.2, 0) is 0 Å². The molecule has 0 fully saturated rings. The summed E-state index contributed by atoms with van der Waals surface area (Å²) in [5, 5.41) is 3.09. The van der Waals surface area contributed by atoms with Gasteiger partial charge in [0.1, 0.15) is 11.5 Å². The van der Waals surface area contributed by atoms with Crippen molar-refractivity contribution in [3.63, 3.8) is 0 Å². The minimum Gasteiger partial charge on any atom is -0.494 e. The van der Waals surface area contributed by atoms with E-state index in [1.54, 1.807) is 12.1 Å². The number of rotatable bonds is 4. The van der Waals surface area contributed by atoms with Crippen molar-refractivity contribution in [2.45, 2.75) is 19.4 Å². The zero-order valence-electron chi connectivity index (χ0n) is 12.8. The van der Waals surface area contributed by atoms with Crippen LogP contribution in [0.5, 0.6) is 11.5 Å². The molecule has 1 heterocycles. The number of carbonyl (C=O) groups is 1. The Bertz CT molecular complexity index is 700. The number of carbonyl (C=O) groups excluding carboxylic acids is 1. The second-order valence-electron chi connectivity index (χ2n) is 5.30. The van der Waals surface area contributed by atoms with Gasteiger partial charge in [-0.05, 0) is 49.4 Å². The Kier molecular flexibility index (Phi) is 4.86. The van der Waals surface area contributed by atoms with E-state index in [9.17, 15) is 4.79 Å². The molecule has 0 saturated carbocycles. The summed E-state index contributed by atoms with van der Waals surface area (Å²) in [6.45, 7) is 3.14. The summed E-state index contributed by atoms with van der Waals surface area (Å²) in [6.07, 6.45) is 0.756. The summed E-state index contributed by atoms with van der Waals surface area (Å²) in [5.41, 5.74) is 1.63. The number of benzene rings is 2. The molecule has 2 aromatic carbocycles. The van der Waals surface area contributed by atoms with Crippen LogP contribution in [0, 0.1) is 0 Å². The highest BCUT2D eigenvalue weighted by Crippen LogP contribution is 2.34. The van der Waals surface area contributed by atoms with Crippen molar-refractivity contribution in [1.82, 2.24) is 5.32 Å². The summed E-state index contributed by atoms with van der Waals surface area (Å²) in [5.74, 6) is 1.51. The van der Waals surface area contributed by atoms with Gasteiger partial charge in [0, 0.05) is 22.0 Å². The summed E-state index contributed by atoms with van der Waals surface area (Å²) in [7, 11) is 0. The van der Waals surface area contributed by atoms with Gasteiger partial charge in [0.25, 0.3) is 5.91 Å². The van der Waals surface area contributed by atoms with Crippen molar-refractivity contribution in [3.05, 3.63) is 58.1 Å². The molecular formula is C18H18BrNO3. The highest BCUT2D eigenvalue weighted by Gasteiger charge is 2.23. The first kappa shape index (κ1) is 15.9. The topological polar surface area (TPSA) is 47.6 Å². The van der Waals surface area contributed by atoms with Crippen molar-refractivity contribution >= 4 is 21.8 Å². The largest absolute Gasteiger partial charge is 0.494 e. The molecule has 0 radical (unpaired) electrons. The van der Waals surface area contributed by atoms with Gasteiger partial charge in [0.2, 0.25) is 0 Å². The van der Waals surface area contributed by atoms with Crippen LogP contribution < -0.4 is 14.8 Å². The molecule has 0 spiro atoms. The highest BCUT2D eigenvalue weighted by atomic mass is 79.9. The van der Waals surface area contributed by atoms with Crippen molar-refractivity contribution in [2.75, 3.05) is 13.2 Å². The van der Waals surface area contributed by atoms with Crippen LogP contribution >= 0.6 is 15.9 Å². The number of hydrogen-bond acceptors (Lipinski definition) is 3. The smallest absolute Gasteiger partial charge is 0.251 e. The SMILES string of the molecule is CCOc1ccc(C(=O)NC2CCOc3ccc(Br)cc32)cc1. The average Bonchev–Trinajstić information content (AvgIpc) is 2.56. The van der Waals surface area contributed by atoms with Gasteiger partial charge < -0.3 is 14.8 Å². The van der Waals surface area contributed by atoms with Crippen molar-refractivity contribution < 1.29 is 14.3 Å². The van der Waals surface area contributed by atoms with E-state index < -0.39 is 0 Å². The standard InChI is InChI=1S/C18H18BrNO3/c1-2-22-14-6-3-12(4-7-14)18(21)20-16-9-10-23-17-8-5-13(19)11-15(16)17/h3-8,11,16H,2,9-10H2,1H3,(H,20,21). The third-order valence-corrected chi connectivity index (χ3v) is 4.24. The van der Waals surface area contributed by atoms with Crippen molar-refractivity contribution in [1.29, 1.82) is 0 Å². The molecule has 1 atom stereocenters. The molecule has 1 aliphatic heterocycles. The lowest BCUT2D eigenvalue weighted by Crippen LogP contribution is -2.32. The van der Waals surface area contributed by atoms with Crippen LogP contribution in [0.3, 0.4) is 0 Å². The highest BCUT2D eigenvalue weighted by molar-refractivity contribution is 9.10. The van der Waals surface area contributed by atoms with Crippen LogP contribution in [0.4, 0.5) is 0 Å². The Hall–Kier alpha value is -2.01. The third kappa shape index (κ3) is 3.67. The number of amides is 1. The molecule has 4 nitrogen and oxygen atoms in total. The third-order valence-electron chi connectivity index (χ3n) is 3.74. The molecule has 1 aliphatic rings. The maximum atomic E-state index is 12.5. The number of nitrogens with one attached hydrogen (secondary N) is 1. The zero-order chi connectivity index (χ0) is 16.2. The molecule has 0 saturated heterocycles. The average molecular weight is 376 g/mol. The molecule has 5 heteroatoms. The summed E-state index contributed by atoms with van der Waals surface area (Å²) >= 11 is 3.47. The Labute approximate surface area is 143 Å². The minimum absolute atomic E-state index is 0.0460. The van der Waals surface area contributed by atoms with Gasteiger partial charge in [-0.25, -0.2) is 0 Å². The van der Waals surface area contributed by atoms with E-state index in [1.807, 2.05) is 37.3 Å². The van der Waals surface area contributed by atoms with Gasteiger partial charge in [0.15, 0.2) is 0 Å². The lowest BCUT2D eigenvalue weighted by atomic mass is 10.00. The van der Waals surface area contributed by atoms with Gasteiger partial charge in [-0.2, -0.15) is 0 Å². The van der Waals surface area contributed by atoms with Crippen LogP contribution in [0.25, 0.3) is 0 Å². The maximum absolute atomic E-state index is 12.5. The number of halogens is 1. The van der Waals surface area contributed by atoms with Gasteiger partial charge >= 0.3 is 0 Å². The van der Waals surface area contributed by atoms with Crippen molar-refractivity contribution in [3.8, 4) is 11.5 Å². The van der Waals surface area contributed by atoms with Crippen LogP contribution in [0.15, 0.2) is 46.9 Å². The molecule has 2 aromatic rings. The molecule has 0 aromatic heterocycles. The second kappa shape index (κ2) is 7.04. The lowest BCUT2D eigenvalue weighted by molar-refractivity contribution is 0.0924. The molecule has 1 N–H and O–H groups in total. The van der Waals surface area contributed by atoms with E-state index in [0.717, 1.165) is 28.0 Å². The quantitative estimate of drug-likeness (QED) is 0.874.